The molecule has 1 amide bonds. The number of para-hydroxylation sites is 1. The number of likely N-dealkylation sites (N-methyl/N-ethyl adjacent to an activating group) is 1. The van der Waals surface area contributed by atoms with E-state index in [1.54, 1.807) is 18.2 Å². The van der Waals surface area contributed by atoms with Crippen molar-refractivity contribution in [3.63, 3.8) is 0 Å². The summed E-state index contributed by atoms with van der Waals surface area (Å²) in [6.45, 7) is 3.46. The van der Waals surface area contributed by atoms with Crippen LogP contribution in [0.4, 0.5) is 10.1 Å². The first kappa shape index (κ1) is 16.5. The van der Waals surface area contributed by atoms with Crippen LogP contribution in [-0.2, 0) is 17.8 Å². The van der Waals surface area contributed by atoms with Crippen molar-refractivity contribution in [2.75, 3.05) is 18.5 Å². The van der Waals surface area contributed by atoms with E-state index in [9.17, 15) is 9.18 Å². The Balaban J connectivity index is 1.87. The SMILES string of the molecule is CC[C@H]1CN(C)c2ccccc2CN1C(=O)Cc1ccccc1F. The van der Waals surface area contributed by atoms with E-state index in [1.807, 2.05) is 17.0 Å². The molecular formula is C20H23FN2O. The normalized spacial score (nSPS) is 17.4. The molecule has 126 valence electrons. The summed E-state index contributed by atoms with van der Waals surface area (Å²) in [5.41, 5.74) is 2.76. The number of benzene rings is 2. The van der Waals surface area contributed by atoms with E-state index in [-0.39, 0.29) is 24.2 Å². The van der Waals surface area contributed by atoms with Gasteiger partial charge in [-0.2, -0.15) is 0 Å². The molecule has 4 heteroatoms. The van der Waals surface area contributed by atoms with Crippen LogP contribution >= 0.6 is 0 Å². The predicted molar refractivity (Wildman–Crippen MR) is 94.4 cm³/mol. The minimum absolute atomic E-state index is 0.0166. The lowest BCUT2D eigenvalue weighted by Crippen LogP contribution is -2.44. The number of carbonyl (C=O) groups excluding carboxylic acids is 1. The molecule has 0 N–H and O–H groups in total. The zero-order chi connectivity index (χ0) is 17.1. The van der Waals surface area contributed by atoms with Crippen molar-refractivity contribution in [2.45, 2.75) is 32.4 Å². The van der Waals surface area contributed by atoms with Gasteiger partial charge < -0.3 is 9.80 Å². The molecule has 2 aromatic rings. The lowest BCUT2D eigenvalue weighted by atomic mass is 10.1. The van der Waals surface area contributed by atoms with E-state index in [1.165, 1.54) is 6.07 Å². The van der Waals surface area contributed by atoms with Crippen LogP contribution in [0.3, 0.4) is 0 Å². The second-order valence-electron chi connectivity index (χ2n) is 6.36. The number of hydrogen-bond acceptors (Lipinski definition) is 2. The maximum Gasteiger partial charge on any atom is 0.227 e. The number of nitrogens with zero attached hydrogens (tertiary/aromatic N) is 2. The molecule has 1 heterocycles. The Kier molecular flexibility index (Phi) is 4.84. The highest BCUT2D eigenvalue weighted by molar-refractivity contribution is 5.79. The van der Waals surface area contributed by atoms with Gasteiger partial charge in [0.05, 0.1) is 6.42 Å². The zero-order valence-electron chi connectivity index (χ0n) is 14.2. The van der Waals surface area contributed by atoms with Gasteiger partial charge in [0, 0.05) is 31.9 Å². The Morgan fingerprint density at radius 2 is 1.88 bits per heavy atom. The largest absolute Gasteiger partial charge is 0.372 e. The molecule has 0 saturated carbocycles. The molecule has 0 aliphatic carbocycles. The summed E-state index contributed by atoms with van der Waals surface area (Å²) in [6, 6.07) is 14.8. The molecule has 3 rings (SSSR count). The molecule has 3 nitrogen and oxygen atoms in total. The predicted octanol–water partition coefficient (Wildman–Crippen LogP) is 3.63. The summed E-state index contributed by atoms with van der Waals surface area (Å²) in [5, 5.41) is 0. The van der Waals surface area contributed by atoms with E-state index < -0.39 is 0 Å². The first-order chi connectivity index (χ1) is 11.6. The van der Waals surface area contributed by atoms with Crippen LogP contribution in [0.5, 0.6) is 0 Å². The van der Waals surface area contributed by atoms with Gasteiger partial charge in [-0.25, -0.2) is 4.39 Å². The lowest BCUT2D eigenvalue weighted by molar-refractivity contribution is -0.133. The Labute approximate surface area is 142 Å². The van der Waals surface area contributed by atoms with E-state index >= 15 is 0 Å². The summed E-state index contributed by atoms with van der Waals surface area (Å²) < 4.78 is 13.9. The van der Waals surface area contributed by atoms with Gasteiger partial charge in [-0.3, -0.25) is 4.79 Å². The van der Waals surface area contributed by atoms with Crippen molar-refractivity contribution in [1.82, 2.24) is 4.90 Å². The van der Waals surface area contributed by atoms with Gasteiger partial charge >= 0.3 is 0 Å². The third kappa shape index (κ3) is 3.28. The fourth-order valence-electron chi connectivity index (χ4n) is 3.39. The van der Waals surface area contributed by atoms with E-state index in [0.29, 0.717) is 12.1 Å². The van der Waals surface area contributed by atoms with Crippen molar-refractivity contribution in [3.05, 3.63) is 65.5 Å². The number of halogens is 1. The molecule has 0 aromatic heterocycles. The molecule has 0 unspecified atom stereocenters. The summed E-state index contributed by atoms with van der Waals surface area (Å²) >= 11 is 0. The van der Waals surface area contributed by atoms with Crippen LogP contribution in [0.25, 0.3) is 0 Å². The first-order valence-corrected chi connectivity index (χ1v) is 8.42. The summed E-state index contributed by atoms with van der Waals surface area (Å²) in [6.07, 6.45) is 0.983. The molecule has 0 radical (unpaired) electrons. The second-order valence-corrected chi connectivity index (χ2v) is 6.36. The fraction of sp³-hybridized carbons (Fsp3) is 0.350. The van der Waals surface area contributed by atoms with Gasteiger partial charge in [0.25, 0.3) is 0 Å². The maximum absolute atomic E-state index is 13.9. The third-order valence-corrected chi connectivity index (χ3v) is 4.76. The standard InChI is InChI=1S/C20H23FN2O/c1-3-17-14-22(2)19-11-7-5-9-16(19)13-23(17)20(24)12-15-8-4-6-10-18(15)21/h4-11,17H,3,12-14H2,1-2H3/t17-/m0/s1. The third-order valence-electron chi connectivity index (χ3n) is 4.76. The van der Waals surface area contributed by atoms with Crippen molar-refractivity contribution >= 4 is 11.6 Å². The van der Waals surface area contributed by atoms with E-state index in [0.717, 1.165) is 24.2 Å². The van der Waals surface area contributed by atoms with Crippen LogP contribution in [0.15, 0.2) is 48.5 Å². The number of rotatable bonds is 3. The van der Waals surface area contributed by atoms with Crippen LogP contribution in [0.1, 0.15) is 24.5 Å². The smallest absolute Gasteiger partial charge is 0.227 e. The summed E-state index contributed by atoms with van der Waals surface area (Å²) in [4.78, 5) is 17.0. The van der Waals surface area contributed by atoms with Gasteiger partial charge in [-0.15, -0.1) is 0 Å². The molecule has 1 aliphatic heterocycles. The molecular weight excluding hydrogens is 303 g/mol. The highest BCUT2D eigenvalue weighted by atomic mass is 19.1. The number of carbonyl (C=O) groups is 1. The maximum atomic E-state index is 13.9. The molecule has 1 atom stereocenters. The summed E-state index contributed by atoms with van der Waals surface area (Å²) in [5.74, 6) is -0.330. The van der Waals surface area contributed by atoms with Gasteiger partial charge in [0.15, 0.2) is 0 Å². The molecule has 24 heavy (non-hydrogen) atoms. The molecule has 0 fully saturated rings. The molecule has 1 aliphatic rings. The van der Waals surface area contributed by atoms with Gasteiger partial charge in [-0.05, 0) is 29.7 Å². The number of amides is 1. The molecule has 0 bridgehead atoms. The Morgan fingerprint density at radius 1 is 1.17 bits per heavy atom. The Bertz CT molecular complexity index is 731. The average Bonchev–Trinajstić information content (AvgIpc) is 2.74. The second kappa shape index (κ2) is 7.04. The zero-order valence-corrected chi connectivity index (χ0v) is 14.2. The van der Waals surface area contributed by atoms with Crippen molar-refractivity contribution in [3.8, 4) is 0 Å². The molecule has 2 aromatic carbocycles. The molecule has 0 saturated heterocycles. The van der Waals surface area contributed by atoms with Gasteiger partial charge in [0.2, 0.25) is 5.91 Å². The monoisotopic (exact) mass is 326 g/mol. The van der Waals surface area contributed by atoms with E-state index in [4.69, 9.17) is 0 Å². The number of anilines is 1. The van der Waals surface area contributed by atoms with Crippen molar-refractivity contribution in [2.24, 2.45) is 0 Å². The van der Waals surface area contributed by atoms with Crippen molar-refractivity contribution < 1.29 is 9.18 Å². The fourth-order valence-corrected chi connectivity index (χ4v) is 3.39. The first-order valence-electron chi connectivity index (χ1n) is 8.42. The minimum atomic E-state index is -0.314. The van der Waals surface area contributed by atoms with Crippen LogP contribution < -0.4 is 4.90 Å². The van der Waals surface area contributed by atoms with Gasteiger partial charge in [-0.1, -0.05) is 43.3 Å². The molecule has 0 spiro atoms. The Morgan fingerprint density at radius 3 is 2.62 bits per heavy atom. The quantitative estimate of drug-likeness (QED) is 0.860. The van der Waals surface area contributed by atoms with Crippen LogP contribution in [-0.4, -0.2) is 30.4 Å². The Hall–Kier alpha value is -2.36. The van der Waals surface area contributed by atoms with Crippen molar-refractivity contribution in [1.29, 1.82) is 0 Å². The highest BCUT2D eigenvalue weighted by Gasteiger charge is 2.28. The van der Waals surface area contributed by atoms with Crippen LogP contribution in [0.2, 0.25) is 0 Å². The van der Waals surface area contributed by atoms with Crippen LogP contribution in [0, 0.1) is 5.82 Å². The number of fused-ring (bicyclic) bond motifs is 1. The van der Waals surface area contributed by atoms with Gasteiger partial charge in [0.1, 0.15) is 5.82 Å². The topological polar surface area (TPSA) is 23.6 Å². The number of hydrogen-bond donors (Lipinski definition) is 0. The highest BCUT2D eigenvalue weighted by Crippen LogP contribution is 2.27. The average molecular weight is 326 g/mol. The lowest BCUT2D eigenvalue weighted by Gasteiger charge is -2.31. The summed E-state index contributed by atoms with van der Waals surface area (Å²) in [7, 11) is 2.06. The minimum Gasteiger partial charge on any atom is -0.372 e. The van der Waals surface area contributed by atoms with E-state index in [2.05, 4.69) is 31.0 Å².